The van der Waals surface area contributed by atoms with E-state index in [1.165, 1.54) is 0 Å². The first-order chi connectivity index (χ1) is 3.71. The molecular formula is H9N3O6P2Pd. The number of hydrogen-bond donors (Lipinski definition) is 5. The molecule has 0 aromatic carbocycles. The van der Waals surface area contributed by atoms with Gasteiger partial charge in [0.1, 0.15) is 0 Å². The first-order valence-corrected chi connectivity index (χ1v) is 4.73. The van der Waals surface area contributed by atoms with Crippen LogP contribution in [0.4, 0.5) is 0 Å². The van der Waals surface area contributed by atoms with Crippen LogP contribution in [0.15, 0.2) is 0 Å². The van der Waals surface area contributed by atoms with Crippen LogP contribution in [0.1, 0.15) is 0 Å². The fourth-order valence-electron chi connectivity index (χ4n) is 0.160. The average Bonchev–Trinajstić information content (AvgIpc) is 1.14. The molecule has 0 saturated carbocycles. The molecule has 0 spiro atoms. The van der Waals surface area contributed by atoms with Crippen LogP contribution in [-0.4, -0.2) is 9.79 Å². The molecule has 2 unspecified atom stereocenters. The van der Waals surface area contributed by atoms with Gasteiger partial charge >= 0.3 is 20.4 Å². The first kappa shape index (κ1) is 23.0. The molecule has 0 aromatic rings. The van der Waals surface area contributed by atoms with Crippen molar-refractivity contribution in [3.05, 3.63) is 0 Å². The molecule has 0 aliphatic carbocycles. The van der Waals surface area contributed by atoms with E-state index in [0.29, 0.717) is 4.86 Å². The van der Waals surface area contributed by atoms with Crippen molar-refractivity contribution in [1.29, 1.82) is 0 Å². The molecule has 0 aliphatic rings. The van der Waals surface area contributed by atoms with Gasteiger partial charge in [-0.3, -0.25) is 9.13 Å². The van der Waals surface area contributed by atoms with Crippen molar-refractivity contribution in [3.63, 3.8) is 0 Å². The SMILES string of the molecule is N.N.O=P([O-])(O)NP(=O)([O-])O.[Pd+2]. The summed E-state index contributed by atoms with van der Waals surface area (Å²) in [4.78, 5) is 35.2. The summed E-state index contributed by atoms with van der Waals surface area (Å²) in [5.41, 5.74) is 0. The van der Waals surface area contributed by atoms with E-state index in [4.69, 9.17) is 9.79 Å². The first-order valence-electron chi connectivity index (χ1n) is 1.58. The summed E-state index contributed by atoms with van der Waals surface area (Å²) in [5.74, 6) is 0. The second-order valence-electron chi connectivity index (χ2n) is 1.14. The molecule has 12 heavy (non-hydrogen) atoms. The van der Waals surface area contributed by atoms with Crippen LogP contribution >= 0.6 is 15.5 Å². The van der Waals surface area contributed by atoms with Gasteiger partial charge in [-0.25, -0.2) is 0 Å². The Morgan fingerprint density at radius 2 is 1.17 bits per heavy atom. The van der Waals surface area contributed by atoms with Crippen molar-refractivity contribution < 1.29 is 49.1 Å². The number of hydrogen-bond acceptors (Lipinski definition) is 6. The molecule has 0 heterocycles. The van der Waals surface area contributed by atoms with E-state index < -0.39 is 15.5 Å². The molecule has 0 aliphatic heterocycles. The third kappa shape index (κ3) is 22.4. The van der Waals surface area contributed by atoms with Crippen LogP contribution in [0.2, 0.25) is 0 Å². The van der Waals surface area contributed by atoms with Crippen molar-refractivity contribution in [3.8, 4) is 0 Å². The fourth-order valence-corrected chi connectivity index (χ4v) is 1.44. The molecular weight excluding hydrogens is 306 g/mol. The summed E-state index contributed by atoms with van der Waals surface area (Å²) in [6, 6.07) is 0. The van der Waals surface area contributed by atoms with Crippen molar-refractivity contribution in [2.45, 2.75) is 0 Å². The summed E-state index contributed by atoms with van der Waals surface area (Å²) in [5, 5.41) is 0. The number of nitrogens with one attached hydrogen (secondary N) is 1. The zero-order valence-corrected chi connectivity index (χ0v) is 9.00. The Kier molecular flexibility index (Phi) is 13.9. The van der Waals surface area contributed by atoms with Gasteiger partial charge in [-0.1, -0.05) is 0 Å². The van der Waals surface area contributed by atoms with Crippen molar-refractivity contribution in [1.82, 2.24) is 17.2 Å². The van der Waals surface area contributed by atoms with Gasteiger partial charge in [-0.15, -0.1) is 0 Å². The topological polar surface area (TPSA) is 203 Å². The third-order valence-electron chi connectivity index (χ3n) is 0.253. The molecule has 0 bridgehead atoms. The third-order valence-corrected chi connectivity index (χ3v) is 2.27. The molecule has 0 amide bonds. The minimum absolute atomic E-state index is 0. The standard InChI is InChI=1S/H5NO6P2.2H3N.Pd/c2-8(3,4)1-9(5,6)7;;;/h(H5,1,2,3,4,5,6,7);2*1H3;/q;;;+2/p-2. The van der Waals surface area contributed by atoms with Gasteiger partial charge in [0.05, 0.1) is 0 Å². The predicted octanol–water partition coefficient (Wildman–Crippen LogP) is -2.18. The predicted molar refractivity (Wildman–Crippen MR) is 32.8 cm³/mol. The molecule has 0 aromatic heterocycles. The van der Waals surface area contributed by atoms with Crippen LogP contribution in [-0.2, 0) is 29.6 Å². The minimum atomic E-state index is -5.11. The molecule has 9 N–H and O–H groups in total. The quantitative estimate of drug-likeness (QED) is 0.277. The normalized spacial score (nSPS) is 18.3. The largest absolute Gasteiger partial charge is 2.00 e. The van der Waals surface area contributed by atoms with Gasteiger partial charge < -0.3 is 31.9 Å². The van der Waals surface area contributed by atoms with Crippen LogP contribution in [0, 0.1) is 0 Å². The van der Waals surface area contributed by atoms with Gasteiger partial charge in [-0.05, 0) is 0 Å². The monoisotopic (exact) mass is 315 g/mol. The van der Waals surface area contributed by atoms with E-state index in [1.807, 2.05) is 0 Å². The van der Waals surface area contributed by atoms with Gasteiger partial charge in [0.2, 0.25) is 15.5 Å². The van der Waals surface area contributed by atoms with Crippen LogP contribution in [0.25, 0.3) is 0 Å². The maximum atomic E-state index is 9.59. The maximum absolute atomic E-state index is 9.59. The molecule has 0 fully saturated rings. The zero-order chi connectivity index (χ0) is 7.71. The Labute approximate surface area is 82.2 Å². The molecule has 0 saturated heterocycles. The Balaban J connectivity index is -0.000000107. The maximum Gasteiger partial charge on any atom is 2.00 e. The van der Waals surface area contributed by atoms with Gasteiger partial charge in [-0.2, -0.15) is 4.86 Å². The molecule has 80 valence electrons. The van der Waals surface area contributed by atoms with Crippen LogP contribution in [0.3, 0.4) is 0 Å². The Morgan fingerprint density at radius 1 is 1.00 bits per heavy atom. The average molecular weight is 315 g/mol. The second-order valence-corrected chi connectivity index (χ2v) is 4.02. The van der Waals surface area contributed by atoms with E-state index in [1.54, 1.807) is 0 Å². The summed E-state index contributed by atoms with van der Waals surface area (Å²) in [6.07, 6.45) is 0. The second kappa shape index (κ2) is 7.27. The van der Waals surface area contributed by atoms with E-state index in [9.17, 15) is 18.9 Å². The van der Waals surface area contributed by atoms with Crippen molar-refractivity contribution in [2.24, 2.45) is 0 Å². The van der Waals surface area contributed by atoms with Crippen LogP contribution < -0.4 is 26.9 Å². The van der Waals surface area contributed by atoms with E-state index in [-0.39, 0.29) is 32.7 Å². The fraction of sp³-hybridized carbons (Fsp3) is 0. The summed E-state index contributed by atoms with van der Waals surface area (Å²) in [6.45, 7) is 0. The summed E-state index contributed by atoms with van der Waals surface area (Å²) >= 11 is 0. The van der Waals surface area contributed by atoms with E-state index >= 15 is 0 Å². The smallest absolute Gasteiger partial charge is 0.766 e. The van der Waals surface area contributed by atoms with Gasteiger partial charge in [0, 0.05) is 0 Å². The van der Waals surface area contributed by atoms with Gasteiger partial charge in [0.25, 0.3) is 0 Å². The molecule has 12 heteroatoms. The van der Waals surface area contributed by atoms with E-state index in [2.05, 4.69) is 0 Å². The Bertz CT molecular complexity index is 161. The van der Waals surface area contributed by atoms with Gasteiger partial charge in [0.15, 0.2) is 0 Å². The van der Waals surface area contributed by atoms with Crippen LogP contribution in [0.5, 0.6) is 0 Å². The summed E-state index contributed by atoms with van der Waals surface area (Å²) in [7, 11) is -10.2. The Hall–Kier alpha value is 0.842. The van der Waals surface area contributed by atoms with Crippen molar-refractivity contribution in [2.75, 3.05) is 0 Å². The molecule has 0 rings (SSSR count). The molecule has 2 atom stereocenters. The molecule has 9 nitrogen and oxygen atoms in total. The number of rotatable bonds is 2. The van der Waals surface area contributed by atoms with E-state index in [0.717, 1.165) is 0 Å². The zero-order valence-electron chi connectivity index (χ0n) is 5.65. The molecule has 0 radical (unpaired) electrons. The summed E-state index contributed by atoms with van der Waals surface area (Å²) < 4.78 is 19.2. The van der Waals surface area contributed by atoms with Crippen molar-refractivity contribution >= 4 is 15.5 Å². The Morgan fingerprint density at radius 3 is 1.17 bits per heavy atom. The minimum Gasteiger partial charge on any atom is -0.766 e.